The Morgan fingerprint density at radius 1 is 1.12 bits per heavy atom. The van der Waals surface area contributed by atoms with E-state index in [9.17, 15) is 31.2 Å². The number of rotatable bonds is 10. The lowest BCUT2D eigenvalue weighted by Gasteiger charge is -2.45. The Bertz CT molecular complexity index is 1380. The third-order valence-electron chi connectivity index (χ3n) is 8.32. The first-order valence-corrected chi connectivity index (χ1v) is 15.9. The van der Waals surface area contributed by atoms with Gasteiger partial charge in [-0.3, -0.25) is 14.5 Å². The topological polar surface area (TPSA) is 86.8 Å². The molecule has 0 aromatic heterocycles. The maximum Gasteiger partial charge on any atom is 0.416 e. The largest absolute Gasteiger partial charge is 0.416 e. The molecule has 1 aliphatic carbocycles. The van der Waals surface area contributed by atoms with E-state index in [1.54, 1.807) is 35.2 Å². The minimum atomic E-state index is -4.60. The minimum Gasteiger partial charge on any atom is -0.340 e. The molecule has 1 heterocycles. The summed E-state index contributed by atoms with van der Waals surface area (Å²) in [4.78, 5) is 30.6. The van der Waals surface area contributed by atoms with Gasteiger partial charge in [-0.25, -0.2) is 8.42 Å². The number of likely N-dealkylation sites (tertiary alicyclic amines) is 1. The molecule has 42 heavy (non-hydrogen) atoms. The van der Waals surface area contributed by atoms with Gasteiger partial charge >= 0.3 is 6.18 Å². The molecule has 0 radical (unpaired) electrons. The molecule has 4 atom stereocenters. The Hall–Kier alpha value is -3.18. The van der Waals surface area contributed by atoms with Gasteiger partial charge in [0.2, 0.25) is 5.91 Å². The molecule has 0 unspecified atom stereocenters. The normalized spacial score (nSPS) is 23.4. The van der Waals surface area contributed by atoms with E-state index in [1.165, 1.54) is 6.07 Å². The predicted molar refractivity (Wildman–Crippen MR) is 154 cm³/mol. The molecule has 1 saturated carbocycles. The van der Waals surface area contributed by atoms with E-state index in [1.807, 2.05) is 6.08 Å². The van der Waals surface area contributed by atoms with Gasteiger partial charge in [-0.05, 0) is 75.8 Å². The van der Waals surface area contributed by atoms with Gasteiger partial charge in [-0.2, -0.15) is 13.2 Å². The molecule has 1 saturated heterocycles. The van der Waals surface area contributed by atoms with Gasteiger partial charge in [-0.15, -0.1) is 6.58 Å². The second-order valence-corrected chi connectivity index (χ2v) is 13.4. The molecule has 2 fully saturated rings. The highest BCUT2D eigenvalue weighted by Crippen LogP contribution is 2.36. The Morgan fingerprint density at radius 3 is 2.48 bits per heavy atom. The molecule has 2 aromatic rings. The Balaban J connectivity index is 1.53. The number of nitrogens with one attached hydrogen (secondary N) is 1. The van der Waals surface area contributed by atoms with E-state index in [4.69, 9.17) is 0 Å². The predicted octanol–water partition coefficient (Wildman–Crippen LogP) is 4.94. The molecule has 228 valence electrons. The molecule has 4 rings (SSSR count). The van der Waals surface area contributed by atoms with Crippen LogP contribution in [0.25, 0.3) is 0 Å². The number of nitrogens with zero attached hydrogens (tertiary/aromatic N) is 2. The highest BCUT2D eigenvalue weighted by atomic mass is 32.2. The smallest absolute Gasteiger partial charge is 0.340 e. The van der Waals surface area contributed by atoms with E-state index in [0.29, 0.717) is 25.9 Å². The molecule has 1 aliphatic heterocycles. The minimum absolute atomic E-state index is 0.115. The van der Waals surface area contributed by atoms with Crippen LogP contribution in [0.2, 0.25) is 0 Å². The third kappa shape index (κ3) is 7.23. The second kappa shape index (κ2) is 13.0. The van der Waals surface area contributed by atoms with E-state index in [0.717, 1.165) is 24.6 Å². The first-order chi connectivity index (χ1) is 19.8. The molecule has 1 N–H and O–H groups in total. The van der Waals surface area contributed by atoms with Gasteiger partial charge in [0.1, 0.15) is 6.04 Å². The highest BCUT2D eigenvalue weighted by Gasteiger charge is 2.44. The van der Waals surface area contributed by atoms with Gasteiger partial charge in [0.05, 0.1) is 16.2 Å². The van der Waals surface area contributed by atoms with Crippen molar-refractivity contribution in [2.24, 2.45) is 5.92 Å². The van der Waals surface area contributed by atoms with Gasteiger partial charge in [0.25, 0.3) is 5.91 Å². The van der Waals surface area contributed by atoms with Crippen molar-refractivity contribution in [1.29, 1.82) is 0 Å². The van der Waals surface area contributed by atoms with Gasteiger partial charge in [0.15, 0.2) is 9.84 Å². The van der Waals surface area contributed by atoms with Crippen LogP contribution in [-0.2, 0) is 20.8 Å². The van der Waals surface area contributed by atoms with E-state index >= 15 is 0 Å². The summed E-state index contributed by atoms with van der Waals surface area (Å²) in [6, 6.07) is 11.4. The number of sulfone groups is 1. The lowest BCUT2D eigenvalue weighted by atomic mass is 9.80. The van der Waals surface area contributed by atoms with Crippen LogP contribution in [0.4, 0.5) is 13.2 Å². The van der Waals surface area contributed by atoms with Crippen LogP contribution >= 0.6 is 0 Å². The van der Waals surface area contributed by atoms with Crippen molar-refractivity contribution in [1.82, 2.24) is 15.1 Å². The monoisotopic (exact) mass is 605 g/mol. The second-order valence-electron chi connectivity index (χ2n) is 11.4. The zero-order valence-electron chi connectivity index (χ0n) is 23.9. The quantitative estimate of drug-likeness (QED) is 0.388. The molecule has 2 aliphatic rings. The Morgan fingerprint density at radius 2 is 1.83 bits per heavy atom. The standard InChI is InChI=1S/C31H38F3N3O4S/c1-4-16-36(21(2)3)25-13-14-28(23(19-25)20-42(40,41)26-11-6-5-7-12-26)37-17-15-27(30(37)39)35-29(38)22-9-8-10-24(18-22)31(32,33)34/h4-12,18,21,23,25,27-28H,1,13-17,19-20H2,2-3H3,(H,35,38)/t23-,25-,27+,28+/m1/s1. The maximum absolute atomic E-state index is 13.6. The summed E-state index contributed by atoms with van der Waals surface area (Å²) in [5, 5.41) is 2.61. The summed E-state index contributed by atoms with van der Waals surface area (Å²) in [6.45, 7) is 9.04. The number of hydrogen-bond donors (Lipinski definition) is 1. The molecule has 11 heteroatoms. The van der Waals surface area contributed by atoms with E-state index in [2.05, 4.69) is 30.6 Å². The van der Waals surface area contributed by atoms with Crippen molar-refractivity contribution in [2.75, 3.05) is 18.8 Å². The van der Waals surface area contributed by atoms with Crippen LogP contribution in [0.15, 0.2) is 72.1 Å². The Labute approximate surface area is 245 Å². The molecule has 2 aromatic carbocycles. The fourth-order valence-electron chi connectivity index (χ4n) is 6.29. The van der Waals surface area contributed by atoms with Crippen molar-refractivity contribution in [2.45, 2.75) is 74.8 Å². The SMILES string of the molecule is C=CCN(C(C)C)[C@@H]1CC[C@H](N2CC[C@H](NC(=O)c3cccc(C(F)(F)F)c3)C2=O)[C@@H](CS(=O)(=O)c2ccccc2)C1. The zero-order chi connectivity index (χ0) is 30.7. The highest BCUT2D eigenvalue weighted by molar-refractivity contribution is 7.91. The van der Waals surface area contributed by atoms with Gasteiger partial charge in [0, 0.05) is 36.8 Å². The van der Waals surface area contributed by atoms with Crippen LogP contribution in [-0.4, -0.2) is 73.0 Å². The number of carbonyl (C=O) groups excluding carboxylic acids is 2. The van der Waals surface area contributed by atoms with Crippen molar-refractivity contribution >= 4 is 21.7 Å². The molecular formula is C31H38F3N3O4S. The van der Waals surface area contributed by atoms with Gasteiger partial charge < -0.3 is 10.2 Å². The van der Waals surface area contributed by atoms with E-state index < -0.39 is 33.5 Å². The third-order valence-corrected chi connectivity index (χ3v) is 10.2. The lowest BCUT2D eigenvalue weighted by Crippen LogP contribution is -2.53. The first kappa shape index (κ1) is 31.7. The summed E-state index contributed by atoms with van der Waals surface area (Å²) >= 11 is 0. The number of amides is 2. The fraction of sp³-hybridized carbons (Fsp3) is 0.484. The molecule has 7 nitrogen and oxygen atoms in total. The average molecular weight is 606 g/mol. The molecule has 0 spiro atoms. The Kier molecular flexibility index (Phi) is 9.82. The number of benzene rings is 2. The number of alkyl halides is 3. The maximum atomic E-state index is 13.6. The molecular weight excluding hydrogens is 567 g/mol. The van der Waals surface area contributed by atoms with Crippen LogP contribution in [0.3, 0.4) is 0 Å². The van der Waals surface area contributed by atoms with Crippen LogP contribution in [0.1, 0.15) is 55.5 Å². The van der Waals surface area contributed by atoms with Crippen LogP contribution < -0.4 is 5.32 Å². The summed E-state index contributed by atoms with van der Waals surface area (Å²) in [7, 11) is -3.64. The summed E-state index contributed by atoms with van der Waals surface area (Å²) in [5.41, 5.74) is -1.12. The summed E-state index contributed by atoms with van der Waals surface area (Å²) in [5.74, 6) is -1.57. The number of halogens is 3. The number of carbonyl (C=O) groups is 2. The summed E-state index contributed by atoms with van der Waals surface area (Å²) in [6.07, 6.45) is -0.530. The fourth-order valence-corrected chi connectivity index (χ4v) is 7.98. The van der Waals surface area contributed by atoms with Crippen molar-refractivity contribution in [3.63, 3.8) is 0 Å². The average Bonchev–Trinajstić information content (AvgIpc) is 3.30. The molecule has 0 bridgehead atoms. The zero-order valence-corrected chi connectivity index (χ0v) is 24.7. The summed E-state index contributed by atoms with van der Waals surface area (Å²) < 4.78 is 66.4. The van der Waals surface area contributed by atoms with Gasteiger partial charge in [-0.1, -0.05) is 30.3 Å². The lowest BCUT2D eigenvalue weighted by molar-refractivity contribution is -0.137. The van der Waals surface area contributed by atoms with E-state index in [-0.39, 0.29) is 52.6 Å². The van der Waals surface area contributed by atoms with Crippen molar-refractivity contribution < 1.29 is 31.2 Å². The van der Waals surface area contributed by atoms with Crippen molar-refractivity contribution in [3.05, 3.63) is 78.4 Å². The number of hydrogen-bond acceptors (Lipinski definition) is 5. The molecule has 2 amide bonds. The van der Waals surface area contributed by atoms with Crippen LogP contribution in [0, 0.1) is 5.92 Å². The first-order valence-electron chi connectivity index (χ1n) is 14.2. The van der Waals surface area contributed by atoms with Crippen molar-refractivity contribution in [3.8, 4) is 0 Å². The van der Waals surface area contributed by atoms with Crippen LogP contribution in [0.5, 0.6) is 0 Å².